The molecule has 2 fully saturated rings. The van der Waals surface area contributed by atoms with Gasteiger partial charge >= 0.3 is 0 Å². The van der Waals surface area contributed by atoms with Gasteiger partial charge in [-0.2, -0.15) is 0 Å². The molecule has 2 aliphatic rings. The quantitative estimate of drug-likeness (QED) is 0.491. The van der Waals surface area contributed by atoms with Gasteiger partial charge < -0.3 is 4.90 Å². The number of Topliss-reactive ketones (excluding diaryl/α,β-unsaturated/α-hetero) is 1. The van der Waals surface area contributed by atoms with Crippen LogP contribution in [0, 0.1) is 5.92 Å². The smallest absolute Gasteiger partial charge is 0.137 e. The Labute approximate surface area is 61.2 Å². The highest BCUT2D eigenvalue weighted by Gasteiger charge is 2.40. The molecule has 0 aromatic rings. The molecule has 2 nitrogen and oxygen atoms in total. The summed E-state index contributed by atoms with van der Waals surface area (Å²) in [6.45, 7) is 1.13. The van der Waals surface area contributed by atoms with Crippen LogP contribution in [0.4, 0.5) is 0 Å². The molecule has 1 saturated carbocycles. The Morgan fingerprint density at radius 1 is 1.50 bits per heavy atom. The number of hydrogen-bond donors (Lipinski definition) is 0. The summed E-state index contributed by atoms with van der Waals surface area (Å²) < 4.78 is 0. The highest BCUT2D eigenvalue weighted by atomic mass is 16.1. The van der Waals surface area contributed by atoms with E-state index >= 15 is 0 Å². The van der Waals surface area contributed by atoms with Crippen LogP contribution in [-0.4, -0.2) is 30.3 Å². The predicted molar refractivity (Wildman–Crippen MR) is 38.8 cm³/mol. The summed E-state index contributed by atoms with van der Waals surface area (Å²) in [6, 6.07) is 0.604. The Bertz CT molecular complexity index is 167. The molecule has 10 heavy (non-hydrogen) atoms. The van der Waals surface area contributed by atoms with Crippen molar-refractivity contribution in [3.63, 3.8) is 0 Å². The minimum absolute atomic E-state index is 0.407. The molecule has 1 saturated heterocycles. The first-order valence-electron chi connectivity index (χ1n) is 4.02. The Kier molecular flexibility index (Phi) is 1.31. The fraction of sp³-hybridized carbons (Fsp3) is 0.875. The van der Waals surface area contributed by atoms with Crippen molar-refractivity contribution in [1.82, 2.24) is 4.90 Å². The van der Waals surface area contributed by atoms with E-state index in [1.807, 2.05) is 0 Å². The third-order valence-corrected chi connectivity index (χ3v) is 2.92. The van der Waals surface area contributed by atoms with E-state index in [-0.39, 0.29) is 0 Å². The topological polar surface area (TPSA) is 20.3 Å². The van der Waals surface area contributed by atoms with Crippen molar-refractivity contribution in [1.29, 1.82) is 0 Å². The van der Waals surface area contributed by atoms with Gasteiger partial charge in [0.2, 0.25) is 0 Å². The lowest BCUT2D eigenvalue weighted by Crippen LogP contribution is -2.26. The Hall–Kier alpha value is -0.370. The zero-order valence-electron chi connectivity index (χ0n) is 6.34. The summed E-state index contributed by atoms with van der Waals surface area (Å²) in [5.41, 5.74) is 0. The van der Waals surface area contributed by atoms with Crippen LogP contribution in [0.25, 0.3) is 0 Å². The average molecular weight is 139 g/mol. The highest BCUT2D eigenvalue weighted by Crippen LogP contribution is 2.33. The molecule has 0 N–H and O–H groups in total. The van der Waals surface area contributed by atoms with Crippen LogP contribution in [0.5, 0.6) is 0 Å². The molecule has 0 spiro atoms. The van der Waals surface area contributed by atoms with E-state index in [9.17, 15) is 4.79 Å². The lowest BCUT2D eigenvalue weighted by molar-refractivity contribution is -0.120. The fourth-order valence-corrected chi connectivity index (χ4v) is 2.28. The molecule has 0 amide bonds. The highest BCUT2D eigenvalue weighted by molar-refractivity contribution is 5.84. The predicted octanol–water partition coefficient (Wildman–Crippen LogP) is 0.670. The van der Waals surface area contributed by atoms with Gasteiger partial charge in [0.25, 0.3) is 0 Å². The molecule has 2 rings (SSSR count). The van der Waals surface area contributed by atoms with Crippen molar-refractivity contribution >= 4 is 5.78 Å². The lowest BCUT2D eigenvalue weighted by atomic mass is 10.0. The van der Waals surface area contributed by atoms with Crippen molar-refractivity contribution in [2.75, 3.05) is 13.6 Å². The normalized spacial score (nSPS) is 40.7. The number of fused-ring (bicyclic) bond motifs is 1. The Morgan fingerprint density at radius 3 is 3.00 bits per heavy atom. The van der Waals surface area contributed by atoms with Crippen molar-refractivity contribution in [3.8, 4) is 0 Å². The standard InChI is InChI=1S/C8H13NO/c1-9-5-4-6-7(9)2-3-8(6)10/h6-7H,2-5H2,1H3. The van der Waals surface area contributed by atoms with Gasteiger partial charge in [-0.05, 0) is 26.4 Å². The molecule has 1 aliphatic carbocycles. The van der Waals surface area contributed by atoms with Crippen LogP contribution >= 0.6 is 0 Å². The van der Waals surface area contributed by atoms with Crippen molar-refractivity contribution in [2.45, 2.75) is 25.3 Å². The molecular weight excluding hydrogens is 126 g/mol. The number of carbonyl (C=O) groups is 1. The van der Waals surface area contributed by atoms with Crippen molar-refractivity contribution in [2.24, 2.45) is 5.92 Å². The molecule has 0 aromatic carbocycles. The number of carbonyl (C=O) groups excluding carboxylic acids is 1. The molecule has 1 heterocycles. The first-order chi connectivity index (χ1) is 4.79. The van der Waals surface area contributed by atoms with Gasteiger partial charge in [-0.25, -0.2) is 0 Å². The Balaban J connectivity index is 2.16. The van der Waals surface area contributed by atoms with Crippen LogP contribution in [0.2, 0.25) is 0 Å². The number of likely N-dealkylation sites (tertiary alicyclic amines) is 1. The summed E-state index contributed by atoms with van der Waals surface area (Å²) in [6.07, 6.45) is 3.06. The number of hydrogen-bond acceptors (Lipinski definition) is 2. The van der Waals surface area contributed by atoms with Crippen LogP contribution in [-0.2, 0) is 4.79 Å². The van der Waals surface area contributed by atoms with E-state index in [1.165, 1.54) is 0 Å². The van der Waals surface area contributed by atoms with Gasteiger partial charge in [0.15, 0.2) is 0 Å². The Morgan fingerprint density at radius 2 is 2.30 bits per heavy atom. The van der Waals surface area contributed by atoms with Crippen LogP contribution in [0.1, 0.15) is 19.3 Å². The third-order valence-electron chi connectivity index (χ3n) is 2.92. The van der Waals surface area contributed by atoms with E-state index in [1.54, 1.807) is 0 Å². The summed E-state index contributed by atoms with van der Waals surface area (Å²) in [5.74, 6) is 0.916. The number of ketones is 1. The van der Waals surface area contributed by atoms with E-state index in [0.29, 0.717) is 17.7 Å². The maximum absolute atomic E-state index is 11.2. The van der Waals surface area contributed by atoms with Gasteiger partial charge in [0.1, 0.15) is 5.78 Å². The summed E-state index contributed by atoms with van der Waals surface area (Å²) in [4.78, 5) is 13.5. The van der Waals surface area contributed by atoms with E-state index < -0.39 is 0 Å². The first kappa shape index (κ1) is 6.35. The SMILES string of the molecule is CN1CCC2C(=O)CCC21. The maximum atomic E-state index is 11.2. The molecule has 0 bridgehead atoms. The van der Waals surface area contributed by atoms with Gasteiger partial charge in [0, 0.05) is 18.4 Å². The minimum atomic E-state index is 0.407. The van der Waals surface area contributed by atoms with E-state index in [4.69, 9.17) is 0 Å². The van der Waals surface area contributed by atoms with Crippen LogP contribution < -0.4 is 0 Å². The second kappa shape index (κ2) is 2.06. The van der Waals surface area contributed by atoms with E-state index in [2.05, 4.69) is 11.9 Å². The number of nitrogens with zero attached hydrogens (tertiary/aromatic N) is 1. The molecular formula is C8H13NO. The molecule has 1 aliphatic heterocycles. The molecule has 2 unspecified atom stereocenters. The third kappa shape index (κ3) is 0.717. The second-order valence-corrected chi connectivity index (χ2v) is 3.45. The molecule has 2 atom stereocenters. The van der Waals surface area contributed by atoms with Crippen molar-refractivity contribution in [3.05, 3.63) is 0 Å². The van der Waals surface area contributed by atoms with Gasteiger partial charge in [-0.1, -0.05) is 0 Å². The first-order valence-corrected chi connectivity index (χ1v) is 4.02. The van der Waals surface area contributed by atoms with Gasteiger partial charge in [-0.15, -0.1) is 0 Å². The number of rotatable bonds is 0. The monoisotopic (exact) mass is 139 g/mol. The maximum Gasteiger partial charge on any atom is 0.137 e. The lowest BCUT2D eigenvalue weighted by Gasteiger charge is -2.16. The largest absolute Gasteiger partial charge is 0.303 e. The second-order valence-electron chi connectivity index (χ2n) is 3.45. The van der Waals surface area contributed by atoms with Gasteiger partial charge in [0.05, 0.1) is 0 Å². The molecule has 0 radical (unpaired) electrons. The zero-order valence-corrected chi connectivity index (χ0v) is 6.34. The molecule has 2 heteroatoms. The van der Waals surface area contributed by atoms with Gasteiger partial charge in [-0.3, -0.25) is 4.79 Å². The average Bonchev–Trinajstić information content (AvgIpc) is 2.41. The zero-order chi connectivity index (χ0) is 7.14. The minimum Gasteiger partial charge on any atom is -0.303 e. The summed E-state index contributed by atoms with van der Waals surface area (Å²) >= 11 is 0. The van der Waals surface area contributed by atoms with Crippen LogP contribution in [0.15, 0.2) is 0 Å². The fourth-order valence-electron chi connectivity index (χ4n) is 2.28. The summed E-state index contributed by atoms with van der Waals surface area (Å²) in [5, 5.41) is 0. The summed E-state index contributed by atoms with van der Waals surface area (Å²) in [7, 11) is 2.13. The van der Waals surface area contributed by atoms with E-state index in [0.717, 1.165) is 25.8 Å². The molecule has 56 valence electrons. The van der Waals surface area contributed by atoms with Crippen molar-refractivity contribution < 1.29 is 4.79 Å². The molecule has 0 aromatic heterocycles. The van der Waals surface area contributed by atoms with Crippen LogP contribution in [0.3, 0.4) is 0 Å².